The third-order valence-corrected chi connectivity index (χ3v) is 3.46. The number of rotatable bonds is 6. The van der Waals surface area contributed by atoms with Crippen LogP contribution in [0.5, 0.6) is 11.5 Å². The minimum atomic E-state index is 0.0912. The van der Waals surface area contributed by atoms with Gasteiger partial charge in [-0.05, 0) is 29.8 Å². The molecule has 0 aliphatic heterocycles. The van der Waals surface area contributed by atoms with Gasteiger partial charge in [-0.25, -0.2) is 10.4 Å². The molecule has 130 valence electrons. The van der Waals surface area contributed by atoms with Crippen LogP contribution in [-0.4, -0.2) is 11.2 Å². The lowest BCUT2D eigenvalue weighted by Crippen LogP contribution is -1.92. The highest BCUT2D eigenvalue weighted by molar-refractivity contribution is 5.80. The fraction of sp³-hybridized carbons (Fsp3) is 0.150. The monoisotopic (exact) mass is 346 g/mol. The smallest absolute Gasteiger partial charge is 0.252 e. The number of hydrazone groups is 1. The molecule has 1 heterocycles. The third kappa shape index (κ3) is 4.28. The molecule has 0 saturated carbocycles. The minimum absolute atomic E-state index is 0.0912. The van der Waals surface area contributed by atoms with Crippen LogP contribution < -0.4 is 10.2 Å². The standard InChI is InChI=1S/C20H18N4O2/c1-14(2)19-23-18(12-21)20(26-19)24-22-13-15-7-6-10-17(11-15)25-16-8-4-3-5-9-16/h3-11,13-14,24H,1-2H3/b22-13+. The van der Waals surface area contributed by atoms with Crippen molar-refractivity contribution in [2.24, 2.45) is 5.10 Å². The summed E-state index contributed by atoms with van der Waals surface area (Å²) in [5.74, 6) is 2.30. The number of anilines is 1. The molecule has 3 rings (SSSR count). The Labute approximate surface area is 151 Å². The van der Waals surface area contributed by atoms with Gasteiger partial charge in [0.1, 0.15) is 17.6 Å². The molecule has 1 N–H and O–H groups in total. The Balaban J connectivity index is 1.70. The van der Waals surface area contributed by atoms with Crippen molar-refractivity contribution in [3.8, 4) is 17.6 Å². The van der Waals surface area contributed by atoms with Crippen molar-refractivity contribution in [1.29, 1.82) is 5.26 Å². The fourth-order valence-corrected chi connectivity index (χ4v) is 2.18. The molecular weight excluding hydrogens is 328 g/mol. The van der Waals surface area contributed by atoms with E-state index >= 15 is 0 Å². The number of nitrogens with zero attached hydrogens (tertiary/aromatic N) is 3. The molecule has 0 unspecified atom stereocenters. The zero-order chi connectivity index (χ0) is 18.4. The maximum absolute atomic E-state index is 9.13. The molecule has 0 aliphatic rings. The number of hydrogen-bond donors (Lipinski definition) is 1. The van der Waals surface area contributed by atoms with Crippen molar-refractivity contribution >= 4 is 12.1 Å². The summed E-state index contributed by atoms with van der Waals surface area (Å²) in [6, 6.07) is 19.1. The molecule has 26 heavy (non-hydrogen) atoms. The number of para-hydroxylation sites is 1. The molecule has 0 aliphatic carbocycles. The van der Waals surface area contributed by atoms with Crippen LogP contribution in [0.25, 0.3) is 0 Å². The van der Waals surface area contributed by atoms with Gasteiger partial charge in [-0.3, -0.25) is 0 Å². The lowest BCUT2D eigenvalue weighted by molar-refractivity contribution is 0.481. The van der Waals surface area contributed by atoms with Crippen LogP contribution in [0.2, 0.25) is 0 Å². The molecule has 0 bridgehead atoms. The summed E-state index contributed by atoms with van der Waals surface area (Å²) in [7, 11) is 0. The van der Waals surface area contributed by atoms with Crippen LogP contribution in [0, 0.1) is 11.3 Å². The average molecular weight is 346 g/mol. The van der Waals surface area contributed by atoms with Crippen molar-refractivity contribution in [2.75, 3.05) is 5.43 Å². The van der Waals surface area contributed by atoms with Crippen LogP contribution in [0.4, 0.5) is 5.88 Å². The summed E-state index contributed by atoms with van der Waals surface area (Å²) >= 11 is 0. The second-order valence-electron chi connectivity index (χ2n) is 5.85. The predicted molar refractivity (Wildman–Crippen MR) is 99.5 cm³/mol. The second-order valence-corrected chi connectivity index (χ2v) is 5.85. The Morgan fingerprint density at radius 1 is 1.15 bits per heavy atom. The van der Waals surface area contributed by atoms with Crippen LogP contribution in [0.1, 0.15) is 36.9 Å². The van der Waals surface area contributed by atoms with E-state index in [4.69, 9.17) is 14.4 Å². The molecule has 6 nitrogen and oxygen atoms in total. The number of oxazole rings is 1. The van der Waals surface area contributed by atoms with Crippen molar-refractivity contribution in [2.45, 2.75) is 19.8 Å². The summed E-state index contributed by atoms with van der Waals surface area (Å²) in [4.78, 5) is 4.13. The van der Waals surface area contributed by atoms with Gasteiger partial charge >= 0.3 is 0 Å². The van der Waals surface area contributed by atoms with Crippen molar-refractivity contribution in [3.05, 3.63) is 71.7 Å². The van der Waals surface area contributed by atoms with E-state index in [-0.39, 0.29) is 17.5 Å². The van der Waals surface area contributed by atoms with E-state index in [1.54, 1.807) is 6.21 Å². The number of ether oxygens (including phenoxy) is 1. The van der Waals surface area contributed by atoms with Gasteiger partial charge < -0.3 is 9.15 Å². The molecule has 3 aromatic rings. The first-order valence-electron chi connectivity index (χ1n) is 8.18. The molecule has 0 radical (unpaired) electrons. The summed E-state index contributed by atoms with van der Waals surface area (Å²) < 4.78 is 11.3. The fourth-order valence-electron chi connectivity index (χ4n) is 2.18. The van der Waals surface area contributed by atoms with Gasteiger partial charge in [-0.2, -0.15) is 10.4 Å². The van der Waals surface area contributed by atoms with Crippen LogP contribution in [0.3, 0.4) is 0 Å². The first kappa shape index (κ1) is 17.2. The van der Waals surface area contributed by atoms with Gasteiger partial charge in [0.15, 0.2) is 0 Å². The van der Waals surface area contributed by atoms with Gasteiger partial charge in [0.2, 0.25) is 11.6 Å². The molecule has 0 saturated heterocycles. The number of hydrogen-bond acceptors (Lipinski definition) is 6. The maximum Gasteiger partial charge on any atom is 0.252 e. The largest absolute Gasteiger partial charge is 0.457 e. The lowest BCUT2D eigenvalue weighted by Gasteiger charge is -2.05. The Kier molecular flexibility index (Phi) is 5.30. The van der Waals surface area contributed by atoms with Gasteiger partial charge in [0.25, 0.3) is 5.88 Å². The molecule has 0 atom stereocenters. The molecule has 6 heteroatoms. The highest BCUT2D eigenvalue weighted by Gasteiger charge is 2.14. The summed E-state index contributed by atoms with van der Waals surface area (Å²) in [5, 5.41) is 13.3. The summed E-state index contributed by atoms with van der Waals surface area (Å²) in [5.41, 5.74) is 3.76. The van der Waals surface area contributed by atoms with Gasteiger partial charge in [-0.1, -0.05) is 44.2 Å². The van der Waals surface area contributed by atoms with Crippen molar-refractivity contribution < 1.29 is 9.15 Å². The van der Waals surface area contributed by atoms with Crippen molar-refractivity contribution in [1.82, 2.24) is 4.98 Å². The van der Waals surface area contributed by atoms with Crippen molar-refractivity contribution in [3.63, 3.8) is 0 Å². The molecule has 2 aromatic carbocycles. The number of benzene rings is 2. The zero-order valence-corrected chi connectivity index (χ0v) is 14.5. The Morgan fingerprint density at radius 3 is 2.65 bits per heavy atom. The van der Waals surface area contributed by atoms with Gasteiger partial charge in [0.05, 0.1) is 6.21 Å². The third-order valence-electron chi connectivity index (χ3n) is 3.46. The SMILES string of the molecule is CC(C)c1nc(C#N)c(N/N=C/c2cccc(Oc3ccccc3)c2)o1. The first-order chi connectivity index (χ1) is 12.7. The average Bonchev–Trinajstić information content (AvgIpc) is 3.06. The van der Waals surface area contributed by atoms with E-state index in [0.717, 1.165) is 11.3 Å². The van der Waals surface area contributed by atoms with Crippen LogP contribution in [-0.2, 0) is 0 Å². The highest BCUT2D eigenvalue weighted by Crippen LogP contribution is 2.23. The molecule has 0 amide bonds. The van der Waals surface area contributed by atoms with E-state index in [0.29, 0.717) is 11.6 Å². The van der Waals surface area contributed by atoms with E-state index in [9.17, 15) is 0 Å². The Bertz CT molecular complexity index is 940. The maximum atomic E-state index is 9.13. The summed E-state index contributed by atoms with van der Waals surface area (Å²) in [6.45, 7) is 3.89. The minimum Gasteiger partial charge on any atom is -0.457 e. The normalized spacial score (nSPS) is 10.8. The Hall–Kier alpha value is -3.59. The lowest BCUT2D eigenvalue weighted by atomic mass is 10.2. The number of nitrogens with one attached hydrogen (secondary N) is 1. The van der Waals surface area contributed by atoms with E-state index in [1.807, 2.05) is 74.5 Å². The topological polar surface area (TPSA) is 83.4 Å². The molecule has 0 fully saturated rings. The van der Waals surface area contributed by atoms with E-state index in [2.05, 4.69) is 15.5 Å². The first-order valence-corrected chi connectivity index (χ1v) is 8.18. The Morgan fingerprint density at radius 2 is 1.92 bits per heavy atom. The highest BCUT2D eigenvalue weighted by atomic mass is 16.5. The summed E-state index contributed by atoms with van der Waals surface area (Å²) in [6.07, 6.45) is 1.62. The van der Waals surface area contributed by atoms with E-state index < -0.39 is 0 Å². The second kappa shape index (κ2) is 7.99. The van der Waals surface area contributed by atoms with Gasteiger partial charge in [-0.15, -0.1) is 0 Å². The molecule has 1 aromatic heterocycles. The molecule has 0 spiro atoms. The molecular formula is C20H18N4O2. The van der Waals surface area contributed by atoms with Crippen LogP contribution in [0.15, 0.2) is 64.1 Å². The quantitative estimate of drug-likeness (QED) is 0.506. The van der Waals surface area contributed by atoms with E-state index in [1.165, 1.54) is 0 Å². The van der Waals surface area contributed by atoms with Gasteiger partial charge in [0, 0.05) is 5.92 Å². The number of aromatic nitrogens is 1. The number of nitriles is 1. The zero-order valence-electron chi connectivity index (χ0n) is 14.5. The predicted octanol–water partition coefficient (Wildman–Crippen LogP) is 4.91. The van der Waals surface area contributed by atoms with Crippen LogP contribution >= 0.6 is 0 Å².